The lowest BCUT2D eigenvalue weighted by molar-refractivity contribution is 0.261. The summed E-state index contributed by atoms with van der Waals surface area (Å²) in [6.07, 6.45) is 8.09. The minimum Gasteiger partial charge on any atom is -0.367 e. The Bertz CT molecular complexity index is 2000. The Labute approximate surface area is 437 Å². The first-order chi connectivity index (χ1) is 36.1. The Kier molecular flexibility index (Phi) is 32.8. The number of halogens is 20. The van der Waals surface area contributed by atoms with Crippen LogP contribution in [-0.2, 0) is 0 Å². The van der Waals surface area contributed by atoms with Crippen molar-refractivity contribution in [1.82, 2.24) is 4.90 Å². The molecule has 25 heteroatoms. The van der Waals surface area contributed by atoms with Crippen LogP contribution in [0.3, 0.4) is 0 Å². The Morgan fingerprint density at radius 2 is 0.312 bits per heavy atom. The highest BCUT2D eigenvalue weighted by Crippen LogP contribution is 2.33. The van der Waals surface area contributed by atoms with E-state index in [1.165, 1.54) is 58.2 Å². The molecule has 0 aliphatic rings. The highest BCUT2D eigenvalue weighted by Gasteiger charge is 2.31. The molecule has 0 fully saturated rings. The first kappa shape index (κ1) is 71.6. The average Bonchev–Trinajstić information content (AvgIpc) is 3.43. The average molecular weight is 1140 g/mol. The molecule has 0 atom stereocenters. The van der Waals surface area contributed by atoms with Gasteiger partial charge in [-0.15, -0.1) is 0 Å². The summed E-state index contributed by atoms with van der Waals surface area (Å²) < 4.78 is 260. The van der Waals surface area contributed by atoms with Gasteiger partial charge in [0.25, 0.3) is 0 Å². The molecule has 0 bridgehead atoms. The zero-order valence-corrected chi connectivity index (χ0v) is 44.8. The summed E-state index contributed by atoms with van der Waals surface area (Å²) in [5, 5.41) is 0. The first-order valence-corrected chi connectivity index (χ1v) is 24.9. The van der Waals surface area contributed by atoms with Crippen LogP contribution >= 0.6 is 0 Å². The number of hydrogen-bond donors (Lipinski definition) is 0. The van der Waals surface area contributed by atoms with E-state index in [2.05, 4.69) is 25.7 Å². The van der Waals surface area contributed by atoms with E-state index < -0.39 is 139 Å². The van der Waals surface area contributed by atoms with Crippen molar-refractivity contribution in [2.45, 2.75) is 115 Å². The van der Waals surface area contributed by atoms with Crippen molar-refractivity contribution < 1.29 is 87.8 Å². The lowest BCUT2D eigenvalue weighted by atomic mass is 10.2. The van der Waals surface area contributed by atoms with E-state index in [9.17, 15) is 87.8 Å². The van der Waals surface area contributed by atoms with Gasteiger partial charge in [0.2, 0.25) is 23.3 Å². The van der Waals surface area contributed by atoms with Crippen LogP contribution in [0.1, 0.15) is 115 Å². The number of hydrogen-bond acceptors (Lipinski definition) is 5. The minimum atomic E-state index is -2.13. The Balaban J connectivity index is 0.000000940. The van der Waals surface area contributed by atoms with Crippen molar-refractivity contribution in [3.63, 3.8) is 0 Å². The van der Waals surface area contributed by atoms with Crippen LogP contribution in [0.2, 0.25) is 0 Å². The second-order valence-corrected chi connectivity index (χ2v) is 16.3. The molecule has 0 spiro atoms. The second-order valence-electron chi connectivity index (χ2n) is 16.3. The van der Waals surface area contributed by atoms with Crippen LogP contribution in [-0.4, -0.2) is 76.9 Å². The molecule has 0 saturated heterocycles. The van der Waals surface area contributed by atoms with E-state index >= 15 is 0 Å². The van der Waals surface area contributed by atoms with Crippen LogP contribution < -0.4 is 19.6 Å². The SMILES string of the molecule is CCCCN(CCCC)CCCC.CCN(CC)c1c(F)c(F)c(F)c(F)c1F.CCN(CC)c1c(F)c(F)c(F)c(F)c1F.CCN(CC)c1c(F)c(F)c(F)c(F)c1F.CCN(CC)c1c(F)c(F)c(F)c(F)c1F. The third kappa shape index (κ3) is 18.4. The van der Waals surface area contributed by atoms with Crippen molar-refractivity contribution in [2.24, 2.45) is 0 Å². The largest absolute Gasteiger partial charge is 0.367 e. The molecule has 0 aromatic heterocycles. The van der Waals surface area contributed by atoms with Gasteiger partial charge in [-0.05, 0) is 94.3 Å². The minimum absolute atomic E-state index is 0.148. The van der Waals surface area contributed by atoms with E-state index in [4.69, 9.17) is 0 Å². The molecule has 4 aromatic carbocycles. The summed E-state index contributed by atoms with van der Waals surface area (Å²) in [5.41, 5.74) is -3.49. The number of nitrogens with zero attached hydrogens (tertiary/aromatic N) is 5. The molecular weight excluding hydrogens is 1070 g/mol. The molecule has 4 rings (SSSR count). The summed E-state index contributed by atoms with van der Waals surface area (Å²) in [6, 6.07) is 0. The van der Waals surface area contributed by atoms with Gasteiger partial charge in [0.05, 0.1) is 0 Å². The summed E-state index contributed by atoms with van der Waals surface area (Å²) >= 11 is 0. The fourth-order valence-corrected chi connectivity index (χ4v) is 7.12. The van der Waals surface area contributed by atoms with Gasteiger partial charge in [-0.1, -0.05) is 40.0 Å². The van der Waals surface area contributed by atoms with E-state index in [-0.39, 0.29) is 52.4 Å². The summed E-state index contributed by atoms with van der Waals surface area (Å²) in [5.74, 6) is -38.2. The lowest BCUT2D eigenvalue weighted by Crippen LogP contribution is -2.27. The fraction of sp³-hybridized carbons (Fsp3) is 0.538. The molecule has 4 aromatic rings. The maximum atomic E-state index is 13.3. The van der Waals surface area contributed by atoms with Gasteiger partial charge in [-0.2, -0.15) is 0 Å². The Morgan fingerprint density at radius 1 is 0.195 bits per heavy atom. The Morgan fingerprint density at radius 3 is 0.416 bits per heavy atom. The topological polar surface area (TPSA) is 16.2 Å². The van der Waals surface area contributed by atoms with Gasteiger partial charge in [-0.3, -0.25) is 0 Å². The fourth-order valence-electron chi connectivity index (χ4n) is 7.12. The Hall–Kier alpha value is -5.36. The third-order valence-corrected chi connectivity index (χ3v) is 11.5. The highest BCUT2D eigenvalue weighted by atomic mass is 19.2. The molecule has 0 N–H and O–H groups in total. The molecular formula is C52H67F20N5. The molecule has 5 nitrogen and oxygen atoms in total. The normalized spacial score (nSPS) is 10.8. The maximum Gasteiger partial charge on any atom is 0.200 e. The number of rotatable bonds is 21. The van der Waals surface area contributed by atoms with E-state index in [1.54, 1.807) is 55.4 Å². The van der Waals surface area contributed by atoms with Crippen LogP contribution in [0, 0.1) is 116 Å². The van der Waals surface area contributed by atoms with Crippen LogP contribution in [0.25, 0.3) is 0 Å². The van der Waals surface area contributed by atoms with Crippen LogP contribution in [0.5, 0.6) is 0 Å². The molecule has 0 amide bonds. The summed E-state index contributed by atoms with van der Waals surface area (Å²) in [6.45, 7) is 24.4. The third-order valence-electron chi connectivity index (χ3n) is 11.5. The summed E-state index contributed by atoms with van der Waals surface area (Å²) in [4.78, 5) is 6.90. The van der Waals surface area contributed by atoms with Gasteiger partial charge in [0, 0.05) is 52.4 Å². The van der Waals surface area contributed by atoms with Gasteiger partial charge in [-0.25, -0.2) is 87.8 Å². The van der Waals surface area contributed by atoms with Crippen molar-refractivity contribution in [3.8, 4) is 0 Å². The summed E-state index contributed by atoms with van der Waals surface area (Å²) in [7, 11) is 0. The maximum absolute atomic E-state index is 13.3. The smallest absolute Gasteiger partial charge is 0.200 e. The quantitative estimate of drug-likeness (QED) is 0.0468. The van der Waals surface area contributed by atoms with E-state index in [0.717, 1.165) is 19.6 Å². The predicted molar refractivity (Wildman–Crippen MR) is 260 cm³/mol. The van der Waals surface area contributed by atoms with Gasteiger partial charge >= 0.3 is 0 Å². The van der Waals surface area contributed by atoms with Crippen molar-refractivity contribution in [2.75, 3.05) is 91.6 Å². The molecule has 0 aliphatic carbocycles. The van der Waals surface area contributed by atoms with Gasteiger partial charge in [0.1, 0.15) is 22.7 Å². The predicted octanol–water partition coefficient (Wildman–Crippen LogP) is 16.6. The second kappa shape index (κ2) is 35.2. The van der Waals surface area contributed by atoms with Crippen molar-refractivity contribution >= 4 is 22.7 Å². The number of unbranched alkanes of at least 4 members (excludes halogenated alkanes) is 3. The lowest BCUT2D eigenvalue weighted by Gasteiger charge is -2.22. The van der Waals surface area contributed by atoms with Gasteiger partial charge < -0.3 is 24.5 Å². The van der Waals surface area contributed by atoms with Crippen LogP contribution in [0.15, 0.2) is 0 Å². The molecule has 0 heterocycles. The molecule has 440 valence electrons. The molecule has 77 heavy (non-hydrogen) atoms. The highest BCUT2D eigenvalue weighted by molar-refractivity contribution is 5.53. The molecule has 0 aliphatic heterocycles. The van der Waals surface area contributed by atoms with Gasteiger partial charge in [0.15, 0.2) is 93.1 Å². The number of benzene rings is 4. The standard InChI is InChI=1S/C12H27N.4C10H10F5N/c1-4-7-10-13(11-8-5-2)12-9-6-3;4*1-3-16(4-2)10-8(14)6(12)5(11)7(13)9(10)15/h4-12H2,1-3H3;4*3-4H2,1-2H3. The molecule has 0 radical (unpaired) electrons. The molecule has 0 unspecified atom stereocenters. The zero-order valence-electron chi connectivity index (χ0n) is 44.8. The molecule has 0 saturated carbocycles. The van der Waals surface area contributed by atoms with Crippen molar-refractivity contribution in [1.29, 1.82) is 0 Å². The monoisotopic (exact) mass is 1140 g/mol. The van der Waals surface area contributed by atoms with Crippen molar-refractivity contribution in [3.05, 3.63) is 116 Å². The number of anilines is 4. The van der Waals surface area contributed by atoms with Crippen LogP contribution in [0.4, 0.5) is 111 Å². The first-order valence-electron chi connectivity index (χ1n) is 24.9. The van der Waals surface area contributed by atoms with E-state index in [0.29, 0.717) is 0 Å². The van der Waals surface area contributed by atoms with E-state index in [1.807, 2.05) is 0 Å². The zero-order chi connectivity index (χ0) is 59.8.